The maximum atomic E-state index is 13.0. The number of rotatable bonds is 8. The second kappa shape index (κ2) is 11.6. The second-order valence-corrected chi connectivity index (χ2v) is 8.82. The molecule has 0 bridgehead atoms. The number of benzene rings is 3. The fraction of sp³-hybridized carbons (Fsp3) is 0.321. The lowest BCUT2D eigenvalue weighted by Crippen LogP contribution is -2.34. The first kappa shape index (κ1) is 23.0. The van der Waals surface area contributed by atoms with Crippen molar-refractivity contribution in [1.82, 2.24) is 10.2 Å². The van der Waals surface area contributed by atoms with Gasteiger partial charge in [-0.3, -0.25) is 4.90 Å². The lowest BCUT2D eigenvalue weighted by atomic mass is 9.90. The van der Waals surface area contributed by atoms with Crippen LogP contribution in [0.3, 0.4) is 0 Å². The van der Waals surface area contributed by atoms with Gasteiger partial charge in [-0.05, 0) is 79.6 Å². The maximum Gasteiger partial charge on any atom is 0.319 e. The van der Waals surface area contributed by atoms with Crippen LogP contribution < -0.4 is 10.6 Å². The number of urea groups is 1. The van der Waals surface area contributed by atoms with Crippen LogP contribution in [-0.2, 0) is 19.4 Å². The number of hydrogen-bond donors (Lipinski definition) is 2. The summed E-state index contributed by atoms with van der Waals surface area (Å²) < 4.78 is 13.0. The van der Waals surface area contributed by atoms with E-state index in [1.165, 1.54) is 30.5 Å². The van der Waals surface area contributed by atoms with Crippen molar-refractivity contribution >= 4 is 11.7 Å². The fourth-order valence-corrected chi connectivity index (χ4v) is 4.46. The van der Waals surface area contributed by atoms with E-state index in [0.717, 1.165) is 48.8 Å². The molecule has 1 aliphatic heterocycles. The number of nitrogens with zero attached hydrogens (tertiary/aromatic N) is 1. The minimum absolute atomic E-state index is 0.217. The SMILES string of the molecule is O=C(NCCc1ccc(F)cc1)Nc1ccccc1CN1CCC(Cc2ccccc2)CC1. The molecule has 0 spiro atoms. The van der Waals surface area contributed by atoms with Gasteiger partial charge in [-0.2, -0.15) is 0 Å². The van der Waals surface area contributed by atoms with E-state index in [2.05, 4.69) is 51.9 Å². The molecule has 3 aromatic rings. The molecule has 0 unspecified atom stereocenters. The van der Waals surface area contributed by atoms with Gasteiger partial charge in [0.15, 0.2) is 0 Å². The average Bonchev–Trinajstić information content (AvgIpc) is 2.83. The van der Waals surface area contributed by atoms with Gasteiger partial charge in [0.2, 0.25) is 0 Å². The normalized spacial score (nSPS) is 14.7. The van der Waals surface area contributed by atoms with Crippen molar-refractivity contribution in [3.63, 3.8) is 0 Å². The third-order valence-electron chi connectivity index (χ3n) is 6.35. The molecule has 2 N–H and O–H groups in total. The standard InChI is InChI=1S/C28H32FN3O/c29-26-12-10-22(11-13-26)14-17-30-28(33)31-27-9-5-4-8-25(27)21-32-18-15-24(16-19-32)20-23-6-2-1-3-7-23/h1-13,24H,14-21H2,(H2,30,31,33). The van der Waals surface area contributed by atoms with Crippen molar-refractivity contribution < 1.29 is 9.18 Å². The van der Waals surface area contributed by atoms with Crippen molar-refractivity contribution in [3.05, 3.63) is 101 Å². The number of carbonyl (C=O) groups is 1. The Hall–Kier alpha value is -3.18. The molecule has 0 aliphatic carbocycles. The number of piperidine rings is 1. The number of para-hydroxylation sites is 1. The van der Waals surface area contributed by atoms with E-state index in [0.29, 0.717) is 13.0 Å². The zero-order valence-corrected chi connectivity index (χ0v) is 19.0. The van der Waals surface area contributed by atoms with Gasteiger partial charge in [-0.15, -0.1) is 0 Å². The van der Waals surface area contributed by atoms with Crippen LogP contribution in [-0.4, -0.2) is 30.6 Å². The minimum Gasteiger partial charge on any atom is -0.338 e. The first-order valence-corrected chi connectivity index (χ1v) is 11.8. The van der Waals surface area contributed by atoms with E-state index in [9.17, 15) is 9.18 Å². The minimum atomic E-state index is -0.249. The third-order valence-corrected chi connectivity index (χ3v) is 6.35. The van der Waals surface area contributed by atoms with Gasteiger partial charge in [-0.1, -0.05) is 60.7 Å². The van der Waals surface area contributed by atoms with Gasteiger partial charge >= 0.3 is 6.03 Å². The highest BCUT2D eigenvalue weighted by atomic mass is 19.1. The van der Waals surface area contributed by atoms with Gasteiger partial charge in [0.05, 0.1) is 0 Å². The molecule has 4 nitrogen and oxygen atoms in total. The summed E-state index contributed by atoms with van der Waals surface area (Å²) in [7, 11) is 0. The highest BCUT2D eigenvalue weighted by molar-refractivity contribution is 5.90. The maximum absolute atomic E-state index is 13.0. The Labute approximate surface area is 195 Å². The number of nitrogens with one attached hydrogen (secondary N) is 2. The average molecular weight is 446 g/mol. The second-order valence-electron chi connectivity index (χ2n) is 8.82. The topological polar surface area (TPSA) is 44.4 Å². The first-order valence-electron chi connectivity index (χ1n) is 11.8. The largest absolute Gasteiger partial charge is 0.338 e. The van der Waals surface area contributed by atoms with E-state index in [-0.39, 0.29) is 11.8 Å². The predicted octanol–water partition coefficient (Wildman–Crippen LogP) is 5.64. The lowest BCUT2D eigenvalue weighted by Gasteiger charge is -2.32. The zero-order chi connectivity index (χ0) is 22.9. The van der Waals surface area contributed by atoms with E-state index < -0.39 is 0 Å². The highest BCUT2D eigenvalue weighted by Gasteiger charge is 2.20. The Bertz CT molecular complexity index is 1010. The number of carbonyl (C=O) groups excluding carboxylic acids is 1. The Kier molecular flexibility index (Phi) is 8.09. The molecule has 1 heterocycles. The molecule has 172 valence electrons. The molecule has 0 atom stereocenters. The zero-order valence-electron chi connectivity index (χ0n) is 19.0. The van der Waals surface area contributed by atoms with E-state index in [1.54, 1.807) is 12.1 Å². The van der Waals surface area contributed by atoms with Crippen LogP contribution in [0.1, 0.15) is 29.5 Å². The van der Waals surface area contributed by atoms with Crippen LogP contribution in [0.5, 0.6) is 0 Å². The summed E-state index contributed by atoms with van der Waals surface area (Å²) in [4.78, 5) is 14.9. The summed E-state index contributed by atoms with van der Waals surface area (Å²) in [6.45, 7) is 3.49. The summed E-state index contributed by atoms with van der Waals surface area (Å²) in [5.41, 5.74) is 4.40. The van der Waals surface area contributed by atoms with Gasteiger partial charge in [-0.25, -0.2) is 9.18 Å². The molecule has 5 heteroatoms. The molecule has 1 saturated heterocycles. The van der Waals surface area contributed by atoms with Crippen LogP contribution in [0, 0.1) is 11.7 Å². The lowest BCUT2D eigenvalue weighted by molar-refractivity contribution is 0.177. The van der Waals surface area contributed by atoms with Crippen molar-refractivity contribution in [3.8, 4) is 0 Å². The van der Waals surface area contributed by atoms with Crippen LogP contribution in [0.4, 0.5) is 14.9 Å². The summed E-state index contributed by atoms with van der Waals surface area (Å²) in [6.07, 6.45) is 4.22. The summed E-state index contributed by atoms with van der Waals surface area (Å²) in [5, 5.41) is 5.90. The Balaban J connectivity index is 1.23. The van der Waals surface area contributed by atoms with E-state index in [4.69, 9.17) is 0 Å². The monoisotopic (exact) mass is 445 g/mol. The summed E-state index contributed by atoms with van der Waals surface area (Å²) in [6, 6.07) is 24.9. The smallest absolute Gasteiger partial charge is 0.319 e. The van der Waals surface area contributed by atoms with E-state index >= 15 is 0 Å². The number of halogens is 1. The predicted molar refractivity (Wildman–Crippen MR) is 132 cm³/mol. The Morgan fingerprint density at radius 3 is 2.33 bits per heavy atom. The molecule has 1 fully saturated rings. The van der Waals surface area contributed by atoms with Crippen molar-refractivity contribution in [2.24, 2.45) is 5.92 Å². The molecule has 4 rings (SSSR count). The van der Waals surface area contributed by atoms with Gasteiger partial charge < -0.3 is 10.6 Å². The molecule has 0 radical (unpaired) electrons. The highest BCUT2D eigenvalue weighted by Crippen LogP contribution is 2.24. The Morgan fingerprint density at radius 1 is 0.879 bits per heavy atom. The van der Waals surface area contributed by atoms with Crippen LogP contribution in [0.25, 0.3) is 0 Å². The van der Waals surface area contributed by atoms with Gasteiger partial charge in [0, 0.05) is 18.8 Å². The quantitative estimate of drug-likeness (QED) is 0.471. The molecule has 3 aromatic carbocycles. The first-order chi connectivity index (χ1) is 16.2. The Morgan fingerprint density at radius 2 is 1.58 bits per heavy atom. The van der Waals surface area contributed by atoms with Gasteiger partial charge in [0.25, 0.3) is 0 Å². The van der Waals surface area contributed by atoms with Crippen molar-refractivity contribution in [2.75, 3.05) is 25.0 Å². The number of anilines is 1. The number of hydrogen-bond acceptors (Lipinski definition) is 2. The fourth-order valence-electron chi connectivity index (χ4n) is 4.46. The van der Waals surface area contributed by atoms with Crippen LogP contribution in [0.2, 0.25) is 0 Å². The van der Waals surface area contributed by atoms with Crippen LogP contribution >= 0.6 is 0 Å². The molecule has 1 aliphatic rings. The van der Waals surface area contributed by atoms with E-state index in [1.807, 2.05) is 18.2 Å². The molecule has 33 heavy (non-hydrogen) atoms. The number of amides is 2. The van der Waals surface area contributed by atoms with Crippen LogP contribution in [0.15, 0.2) is 78.9 Å². The molecule has 0 saturated carbocycles. The molecule has 2 amide bonds. The van der Waals surface area contributed by atoms with Gasteiger partial charge in [0.1, 0.15) is 5.82 Å². The third kappa shape index (κ3) is 7.16. The van der Waals surface area contributed by atoms with Crippen molar-refractivity contribution in [2.45, 2.75) is 32.2 Å². The summed E-state index contributed by atoms with van der Waals surface area (Å²) in [5.74, 6) is 0.491. The summed E-state index contributed by atoms with van der Waals surface area (Å²) >= 11 is 0. The molecular weight excluding hydrogens is 413 g/mol. The van der Waals surface area contributed by atoms with Crippen molar-refractivity contribution in [1.29, 1.82) is 0 Å². The number of likely N-dealkylation sites (tertiary alicyclic amines) is 1. The molecular formula is C28H32FN3O. The molecule has 0 aromatic heterocycles.